The van der Waals surface area contributed by atoms with Gasteiger partial charge in [-0.05, 0) is 45.6 Å². The van der Waals surface area contributed by atoms with Crippen molar-refractivity contribution in [1.29, 1.82) is 0 Å². The maximum Gasteiger partial charge on any atom is 0.0513 e. The summed E-state index contributed by atoms with van der Waals surface area (Å²) >= 11 is 3.70. The highest BCUT2D eigenvalue weighted by Crippen LogP contribution is 2.32. The minimum atomic E-state index is 0.133. The molecular formula is C17H30BrN3. The fourth-order valence-electron chi connectivity index (χ4n) is 3.01. The van der Waals surface area contributed by atoms with E-state index in [0.717, 1.165) is 24.0 Å². The normalized spacial score (nSPS) is 16.2. The Bertz CT molecular complexity index is 422. The van der Waals surface area contributed by atoms with Gasteiger partial charge in [0.1, 0.15) is 0 Å². The highest BCUT2D eigenvalue weighted by atomic mass is 79.9. The molecule has 1 aromatic rings. The number of nitrogens with two attached hydrogens (primary N) is 1. The van der Waals surface area contributed by atoms with Gasteiger partial charge in [-0.1, -0.05) is 48.0 Å². The molecule has 21 heavy (non-hydrogen) atoms. The lowest BCUT2D eigenvalue weighted by atomic mass is 9.95. The summed E-state index contributed by atoms with van der Waals surface area (Å²) in [6, 6.07) is 9.28. The van der Waals surface area contributed by atoms with E-state index < -0.39 is 0 Å². The van der Waals surface area contributed by atoms with Crippen LogP contribution in [0.1, 0.15) is 38.8 Å². The van der Waals surface area contributed by atoms with Gasteiger partial charge in [0.15, 0.2) is 0 Å². The molecule has 0 aliphatic carbocycles. The molecule has 3 atom stereocenters. The number of likely N-dealkylation sites (N-methyl/N-ethyl adjacent to an activating group) is 2. The zero-order chi connectivity index (χ0) is 16.0. The smallest absolute Gasteiger partial charge is 0.0513 e. The first-order valence-electron chi connectivity index (χ1n) is 7.82. The second kappa shape index (κ2) is 8.89. The van der Waals surface area contributed by atoms with Crippen LogP contribution in [-0.4, -0.2) is 49.1 Å². The van der Waals surface area contributed by atoms with Crippen molar-refractivity contribution in [1.82, 2.24) is 9.80 Å². The average molecular weight is 356 g/mol. The zero-order valence-electron chi connectivity index (χ0n) is 14.0. The summed E-state index contributed by atoms with van der Waals surface area (Å²) in [6.07, 6.45) is 0.969. The monoisotopic (exact) mass is 355 g/mol. The molecule has 3 unspecified atom stereocenters. The third kappa shape index (κ3) is 5.06. The molecule has 2 N–H and O–H groups in total. The SMILES string of the molecule is CCC(N)C(c1ccccc1Br)N(CC)C(C)CN(C)C. The molecule has 1 rings (SSSR count). The van der Waals surface area contributed by atoms with E-state index in [1.807, 2.05) is 0 Å². The maximum absolute atomic E-state index is 6.49. The van der Waals surface area contributed by atoms with Gasteiger partial charge >= 0.3 is 0 Å². The van der Waals surface area contributed by atoms with Crippen LogP contribution in [0, 0.1) is 0 Å². The molecule has 0 aliphatic rings. The van der Waals surface area contributed by atoms with Crippen LogP contribution in [0.2, 0.25) is 0 Å². The standard InChI is InChI=1S/C17H30BrN3/c1-6-16(19)17(14-10-8-9-11-15(14)18)21(7-2)13(3)12-20(4)5/h8-11,13,16-17H,6-7,12,19H2,1-5H3. The molecule has 120 valence electrons. The topological polar surface area (TPSA) is 32.5 Å². The van der Waals surface area contributed by atoms with E-state index >= 15 is 0 Å². The molecule has 3 nitrogen and oxygen atoms in total. The van der Waals surface area contributed by atoms with Crippen molar-refractivity contribution in [3.05, 3.63) is 34.3 Å². The van der Waals surface area contributed by atoms with Crippen LogP contribution in [0.4, 0.5) is 0 Å². The van der Waals surface area contributed by atoms with Gasteiger partial charge in [0, 0.05) is 23.1 Å². The van der Waals surface area contributed by atoms with Crippen molar-refractivity contribution in [2.24, 2.45) is 5.73 Å². The Labute approximate surface area is 138 Å². The Balaban J connectivity index is 3.14. The second-order valence-electron chi connectivity index (χ2n) is 5.98. The number of hydrogen-bond donors (Lipinski definition) is 1. The first kappa shape index (κ1) is 18.6. The third-order valence-corrected chi connectivity index (χ3v) is 4.74. The highest BCUT2D eigenvalue weighted by Gasteiger charge is 2.29. The van der Waals surface area contributed by atoms with Crippen LogP contribution in [0.5, 0.6) is 0 Å². The van der Waals surface area contributed by atoms with E-state index in [4.69, 9.17) is 5.73 Å². The van der Waals surface area contributed by atoms with E-state index in [1.54, 1.807) is 0 Å². The summed E-state index contributed by atoms with van der Waals surface area (Å²) in [6.45, 7) is 8.70. The summed E-state index contributed by atoms with van der Waals surface area (Å²) in [5.74, 6) is 0. The maximum atomic E-state index is 6.49. The molecule has 4 heteroatoms. The summed E-state index contributed by atoms with van der Waals surface area (Å²) in [7, 11) is 4.25. The summed E-state index contributed by atoms with van der Waals surface area (Å²) in [5, 5.41) is 0. The number of benzene rings is 1. The fraction of sp³-hybridized carbons (Fsp3) is 0.647. The van der Waals surface area contributed by atoms with Gasteiger partial charge in [0.25, 0.3) is 0 Å². The van der Waals surface area contributed by atoms with Crippen LogP contribution in [0.3, 0.4) is 0 Å². The predicted molar refractivity (Wildman–Crippen MR) is 95.5 cm³/mol. The number of nitrogens with zero attached hydrogens (tertiary/aromatic N) is 2. The zero-order valence-corrected chi connectivity index (χ0v) is 15.6. The third-order valence-electron chi connectivity index (χ3n) is 4.02. The van der Waals surface area contributed by atoms with Crippen molar-refractivity contribution in [3.63, 3.8) is 0 Å². The molecular weight excluding hydrogens is 326 g/mol. The molecule has 0 saturated heterocycles. The van der Waals surface area contributed by atoms with Gasteiger partial charge in [-0.2, -0.15) is 0 Å². The van der Waals surface area contributed by atoms with Crippen molar-refractivity contribution in [3.8, 4) is 0 Å². The lowest BCUT2D eigenvalue weighted by Gasteiger charge is -2.40. The highest BCUT2D eigenvalue weighted by molar-refractivity contribution is 9.10. The van der Waals surface area contributed by atoms with Gasteiger partial charge in [0.2, 0.25) is 0 Å². The minimum absolute atomic E-state index is 0.133. The van der Waals surface area contributed by atoms with E-state index in [1.165, 1.54) is 5.56 Å². The Morgan fingerprint density at radius 1 is 1.19 bits per heavy atom. The molecule has 0 radical (unpaired) electrons. The lowest BCUT2D eigenvalue weighted by molar-refractivity contribution is 0.109. The van der Waals surface area contributed by atoms with Crippen LogP contribution >= 0.6 is 15.9 Å². The summed E-state index contributed by atoms with van der Waals surface area (Å²) in [5.41, 5.74) is 7.78. The average Bonchev–Trinajstić information content (AvgIpc) is 2.44. The first-order valence-corrected chi connectivity index (χ1v) is 8.62. The molecule has 0 saturated carbocycles. The molecule has 0 heterocycles. The molecule has 0 bridgehead atoms. The summed E-state index contributed by atoms with van der Waals surface area (Å²) in [4.78, 5) is 4.76. The van der Waals surface area contributed by atoms with Gasteiger partial charge in [-0.25, -0.2) is 0 Å². The van der Waals surface area contributed by atoms with Gasteiger partial charge in [-0.3, -0.25) is 4.90 Å². The Kier molecular flexibility index (Phi) is 7.88. The molecule has 0 aromatic heterocycles. The first-order chi connectivity index (χ1) is 9.92. The van der Waals surface area contributed by atoms with Crippen molar-refractivity contribution in [2.45, 2.75) is 45.3 Å². The van der Waals surface area contributed by atoms with Crippen LogP contribution in [0.25, 0.3) is 0 Å². The quantitative estimate of drug-likeness (QED) is 0.774. The van der Waals surface area contributed by atoms with Crippen LogP contribution < -0.4 is 5.73 Å². The molecule has 0 spiro atoms. The number of hydrogen-bond acceptors (Lipinski definition) is 3. The lowest BCUT2D eigenvalue weighted by Crippen LogP contribution is -2.48. The van der Waals surface area contributed by atoms with Gasteiger partial charge in [0.05, 0.1) is 6.04 Å². The van der Waals surface area contributed by atoms with Crippen molar-refractivity contribution >= 4 is 15.9 Å². The molecule has 1 aromatic carbocycles. The van der Waals surface area contributed by atoms with Crippen molar-refractivity contribution in [2.75, 3.05) is 27.2 Å². The van der Waals surface area contributed by atoms with Gasteiger partial charge < -0.3 is 10.6 Å². The second-order valence-corrected chi connectivity index (χ2v) is 6.83. The van der Waals surface area contributed by atoms with E-state index in [0.29, 0.717) is 6.04 Å². The van der Waals surface area contributed by atoms with Crippen LogP contribution in [-0.2, 0) is 0 Å². The van der Waals surface area contributed by atoms with Gasteiger partial charge in [-0.15, -0.1) is 0 Å². The van der Waals surface area contributed by atoms with E-state index in [9.17, 15) is 0 Å². The predicted octanol–water partition coefficient (Wildman–Crippen LogP) is 3.50. The molecule has 0 fully saturated rings. The number of halogens is 1. The number of rotatable bonds is 8. The summed E-state index contributed by atoms with van der Waals surface area (Å²) < 4.78 is 1.15. The Morgan fingerprint density at radius 2 is 1.81 bits per heavy atom. The fourth-order valence-corrected chi connectivity index (χ4v) is 3.53. The van der Waals surface area contributed by atoms with E-state index in [2.05, 4.69) is 84.9 Å². The molecule has 0 amide bonds. The minimum Gasteiger partial charge on any atom is -0.326 e. The van der Waals surface area contributed by atoms with Crippen molar-refractivity contribution < 1.29 is 0 Å². The van der Waals surface area contributed by atoms with E-state index in [-0.39, 0.29) is 12.1 Å². The largest absolute Gasteiger partial charge is 0.326 e. The molecule has 0 aliphatic heterocycles. The van der Waals surface area contributed by atoms with Crippen LogP contribution in [0.15, 0.2) is 28.7 Å². The Morgan fingerprint density at radius 3 is 2.29 bits per heavy atom. The Hall–Kier alpha value is -0.420.